The largest absolute Gasteiger partial charge is 0.302 e. The molecule has 1 saturated carbocycles. The second-order valence-corrected chi connectivity index (χ2v) is 6.87. The summed E-state index contributed by atoms with van der Waals surface area (Å²) < 4.78 is 27.5. The molecule has 122 valence electrons. The Morgan fingerprint density at radius 2 is 2.17 bits per heavy atom. The van der Waals surface area contributed by atoms with Crippen LogP contribution in [0.4, 0.5) is 13.9 Å². The van der Waals surface area contributed by atoms with Crippen molar-refractivity contribution >= 4 is 32.6 Å². The number of anilines is 1. The van der Waals surface area contributed by atoms with Crippen molar-refractivity contribution in [2.75, 3.05) is 5.32 Å². The first-order valence-electron chi connectivity index (χ1n) is 7.49. The highest BCUT2D eigenvalue weighted by atomic mass is 32.1. The fourth-order valence-electron chi connectivity index (χ4n) is 2.57. The summed E-state index contributed by atoms with van der Waals surface area (Å²) in [5, 5.41) is 3.10. The lowest BCUT2D eigenvalue weighted by Gasteiger charge is -2.05. The first-order valence-corrected chi connectivity index (χ1v) is 8.30. The molecule has 1 N–H and O–H groups in total. The van der Waals surface area contributed by atoms with Crippen molar-refractivity contribution in [1.29, 1.82) is 0 Å². The number of carbonyl (C=O) groups excluding carboxylic acids is 1. The van der Waals surface area contributed by atoms with E-state index in [0.717, 1.165) is 15.8 Å². The second kappa shape index (κ2) is 5.59. The number of alkyl halides is 1. The summed E-state index contributed by atoms with van der Waals surface area (Å²) in [5.41, 5.74) is 2.81. The molecule has 4 rings (SSSR count). The van der Waals surface area contributed by atoms with Gasteiger partial charge in [-0.1, -0.05) is 17.4 Å². The number of halogens is 2. The summed E-state index contributed by atoms with van der Waals surface area (Å²) in [6.07, 6.45) is 2.06. The molecule has 7 heteroatoms. The molecule has 3 aromatic rings. The van der Waals surface area contributed by atoms with E-state index < -0.39 is 12.1 Å². The van der Waals surface area contributed by atoms with E-state index in [4.69, 9.17) is 0 Å². The summed E-state index contributed by atoms with van der Waals surface area (Å²) in [6, 6.07) is 5.55. The van der Waals surface area contributed by atoms with Crippen LogP contribution < -0.4 is 5.32 Å². The monoisotopic (exact) mass is 345 g/mol. The standard InChI is InChI=1S/C17H13F2N3OS/c1-8-11(6-20-7-13(8)19)9-2-3-14-15(4-9)24-17(21-14)22-16(23)10-5-12(10)18/h2-4,6-7,10,12H,5H2,1H3,(H,21,22,23). The van der Waals surface area contributed by atoms with Crippen LogP contribution in [0.3, 0.4) is 0 Å². The molecule has 0 saturated heterocycles. The van der Waals surface area contributed by atoms with Crippen LogP contribution in [0.1, 0.15) is 12.0 Å². The Balaban J connectivity index is 1.66. The van der Waals surface area contributed by atoms with Crippen LogP contribution in [-0.4, -0.2) is 22.0 Å². The van der Waals surface area contributed by atoms with Crippen LogP contribution in [-0.2, 0) is 4.79 Å². The molecule has 1 aliphatic carbocycles. The summed E-state index contributed by atoms with van der Waals surface area (Å²) in [4.78, 5) is 20.0. The van der Waals surface area contributed by atoms with Gasteiger partial charge in [-0.3, -0.25) is 9.78 Å². The Hall–Kier alpha value is -2.41. The Bertz CT molecular complexity index is 956. The van der Waals surface area contributed by atoms with Crippen LogP contribution >= 0.6 is 11.3 Å². The first kappa shape index (κ1) is 15.1. The van der Waals surface area contributed by atoms with E-state index in [1.54, 1.807) is 13.1 Å². The number of hydrogen-bond donors (Lipinski definition) is 1. The molecule has 1 aromatic carbocycles. The van der Waals surface area contributed by atoms with E-state index in [1.165, 1.54) is 17.5 Å². The zero-order chi connectivity index (χ0) is 16.8. The Kier molecular flexibility index (Phi) is 3.53. The van der Waals surface area contributed by atoms with E-state index in [9.17, 15) is 13.6 Å². The predicted octanol–water partition coefficient (Wildman–Crippen LogP) is 4.10. The van der Waals surface area contributed by atoms with Gasteiger partial charge in [0, 0.05) is 11.8 Å². The van der Waals surface area contributed by atoms with Crippen LogP contribution in [0.2, 0.25) is 0 Å². The lowest BCUT2D eigenvalue weighted by molar-refractivity contribution is -0.117. The van der Waals surface area contributed by atoms with Crippen molar-refractivity contribution < 1.29 is 13.6 Å². The number of aromatic nitrogens is 2. The highest BCUT2D eigenvalue weighted by molar-refractivity contribution is 7.22. The summed E-state index contributed by atoms with van der Waals surface area (Å²) in [6.45, 7) is 1.71. The van der Waals surface area contributed by atoms with Crippen LogP contribution in [0.25, 0.3) is 21.3 Å². The molecule has 1 aliphatic rings. The number of hydrogen-bond acceptors (Lipinski definition) is 4. The number of nitrogens with one attached hydrogen (secondary N) is 1. The normalized spacial score (nSPS) is 19.5. The molecule has 4 nitrogen and oxygen atoms in total. The molecule has 1 amide bonds. The minimum absolute atomic E-state index is 0.284. The van der Waals surface area contributed by atoms with E-state index in [0.29, 0.717) is 16.3 Å². The summed E-state index contributed by atoms with van der Waals surface area (Å²) >= 11 is 1.31. The molecule has 2 aromatic heterocycles. The minimum atomic E-state index is -1.03. The lowest BCUT2D eigenvalue weighted by Crippen LogP contribution is -2.14. The molecular weight excluding hydrogens is 332 g/mol. The molecule has 2 heterocycles. The quantitative estimate of drug-likeness (QED) is 0.777. The smallest absolute Gasteiger partial charge is 0.232 e. The number of benzene rings is 1. The van der Waals surface area contributed by atoms with Gasteiger partial charge < -0.3 is 5.32 Å². The topological polar surface area (TPSA) is 54.9 Å². The van der Waals surface area contributed by atoms with Crippen molar-refractivity contribution in [3.05, 3.63) is 42.0 Å². The summed E-state index contributed by atoms with van der Waals surface area (Å²) in [5.74, 6) is -1.23. The predicted molar refractivity (Wildman–Crippen MR) is 89.2 cm³/mol. The van der Waals surface area contributed by atoms with E-state index >= 15 is 0 Å². The van der Waals surface area contributed by atoms with Gasteiger partial charge in [-0.2, -0.15) is 0 Å². The first-order chi connectivity index (χ1) is 11.5. The molecule has 0 spiro atoms. The SMILES string of the molecule is Cc1c(F)cncc1-c1ccc2nc(NC(=O)C3CC3F)sc2c1. The molecule has 0 bridgehead atoms. The van der Waals surface area contributed by atoms with Crippen molar-refractivity contribution in [2.24, 2.45) is 5.92 Å². The van der Waals surface area contributed by atoms with Gasteiger partial charge in [-0.05, 0) is 36.6 Å². The lowest BCUT2D eigenvalue weighted by atomic mass is 10.0. The van der Waals surface area contributed by atoms with Crippen molar-refractivity contribution in [1.82, 2.24) is 9.97 Å². The number of fused-ring (bicyclic) bond motifs is 1. The maximum absolute atomic E-state index is 13.7. The van der Waals surface area contributed by atoms with Gasteiger partial charge in [0.15, 0.2) is 5.13 Å². The van der Waals surface area contributed by atoms with Crippen LogP contribution in [0.5, 0.6) is 0 Å². The van der Waals surface area contributed by atoms with Gasteiger partial charge in [-0.25, -0.2) is 13.8 Å². The molecular formula is C17H13F2N3OS. The molecule has 24 heavy (non-hydrogen) atoms. The Morgan fingerprint density at radius 1 is 1.38 bits per heavy atom. The number of carbonyl (C=O) groups is 1. The van der Waals surface area contributed by atoms with Gasteiger partial charge in [0.05, 0.1) is 22.3 Å². The maximum atomic E-state index is 13.7. The highest BCUT2D eigenvalue weighted by Gasteiger charge is 2.43. The molecule has 2 atom stereocenters. The number of pyridine rings is 1. The maximum Gasteiger partial charge on any atom is 0.232 e. The molecule has 0 aliphatic heterocycles. The third-order valence-electron chi connectivity index (χ3n) is 4.13. The number of nitrogens with zero attached hydrogens (tertiary/aromatic N) is 2. The second-order valence-electron chi connectivity index (χ2n) is 5.84. The third-order valence-corrected chi connectivity index (χ3v) is 5.07. The van der Waals surface area contributed by atoms with Gasteiger partial charge in [0.1, 0.15) is 12.0 Å². The van der Waals surface area contributed by atoms with Crippen molar-refractivity contribution in [3.63, 3.8) is 0 Å². The number of amides is 1. The van der Waals surface area contributed by atoms with Crippen molar-refractivity contribution in [2.45, 2.75) is 19.5 Å². The van der Waals surface area contributed by atoms with Crippen molar-refractivity contribution in [3.8, 4) is 11.1 Å². The van der Waals surface area contributed by atoms with Crippen LogP contribution in [0, 0.1) is 18.7 Å². The van der Waals surface area contributed by atoms with Gasteiger partial charge in [0.2, 0.25) is 5.91 Å². The van der Waals surface area contributed by atoms with Gasteiger partial charge in [-0.15, -0.1) is 0 Å². The molecule has 1 fully saturated rings. The molecule has 0 radical (unpaired) electrons. The fraction of sp³-hybridized carbons (Fsp3) is 0.235. The fourth-order valence-corrected chi connectivity index (χ4v) is 3.48. The minimum Gasteiger partial charge on any atom is -0.302 e. The third kappa shape index (κ3) is 2.65. The highest BCUT2D eigenvalue weighted by Crippen LogP contribution is 2.36. The Morgan fingerprint density at radius 3 is 2.92 bits per heavy atom. The molecule has 2 unspecified atom stereocenters. The number of rotatable bonds is 3. The average Bonchev–Trinajstić information content (AvgIpc) is 3.15. The number of thiazole rings is 1. The van der Waals surface area contributed by atoms with Gasteiger partial charge in [0.25, 0.3) is 0 Å². The van der Waals surface area contributed by atoms with E-state index in [2.05, 4.69) is 15.3 Å². The van der Waals surface area contributed by atoms with E-state index in [1.807, 2.05) is 18.2 Å². The Labute approximate surface area is 140 Å². The van der Waals surface area contributed by atoms with Gasteiger partial charge >= 0.3 is 0 Å². The van der Waals surface area contributed by atoms with E-state index in [-0.39, 0.29) is 18.1 Å². The average molecular weight is 345 g/mol. The zero-order valence-corrected chi connectivity index (χ0v) is 13.5. The summed E-state index contributed by atoms with van der Waals surface area (Å²) in [7, 11) is 0. The van der Waals surface area contributed by atoms with Crippen LogP contribution in [0.15, 0.2) is 30.6 Å². The zero-order valence-electron chi connectivity index (χ0n) is 12.7.